The molecule has 0 aliphatic rings. The van der Waals surface area contributed by atoms with Crippen LogP contribution in [0.15, 0.2) is 103 Å². The second-order valence-electron chi connectivity index (χ2n) is 9.41. The predicted molar refractivity (Wildman–Crippen MR) is 152 cm³/mol. The zero-order valence-corrected chi connectivity index (χ0v) is 21.7. The molecule has 5 rings (SSSR count). The van der Waals surface area contributed by atoms with Crippen LogP contribution >= 0.6 is 0 Å². The Morgan fingerprint density at radius 3 is 2.05 bits per heavy atom. The molecule has 0 bridgehead atoms. The van der Waals surface area contributed by atoms with Crippen LogP contribution in [0.25, 0.3) is 39.5 Å². The summed E-state index contributed by atoms with van der Waals surface area (Å²) < 4.78 is 1.91. The number of carbonyl (C=O) groups excluding carboxylic acids is 1. The molecule has 2 heterocycles. The lowest BCUT2D eigenvalue weighted by Crippen LogP contribution is -2.39. The molecule has 0 atom stereocenters. The molecule has 7 nitrogen and oxygen atoms in total. The molecule has 7 heteroatoms. The summed E-state index contributed by atoms with van der Waals surface area (Å²) in [7, 11) is 1.82. The van der Waals surface area contributed by atoms with E-state index < -0.39 is 0 Å². The summed E-state index contributed by atoms with van der Waals surface area (Å²) in [6.45, 7) is 4.03. The van der Waals surface area contributed by atoms with E-state index in [2.05, 4.69) is 40.6 Å². The molecule has 5 aromatic rings. The van der Waals surface area contributed by atoms with Crippen molar-refractivity contribution in [1.29, 1.82) is 0 Å². The van der Waals surface area contributed by atoms with Gasteiger partial charge in [-0.2, -0.15) is 5.10 Å². The smallest absolute Gasteiger partial charge is 0.239 e. The number of benzene rings is 3. The van der Waals surface area contributed by atoms with Crippen molar-refractivity contribution < 1.29 is 4.79 Å². The van der Waals surface area contributed by atoms with Crippen molar-refractivity contribution in [2.45, 2.75) is 19.9 Å². The van der Waals surface area contributed by atoms with E-state index in [4.69, 9.17) is 10.1 Å². The lowest BCUT2D eigenvalue weighted by atomic mass is 10.1. The third kappa shape index (κ3) is 5.47. The van der Waals surface area contributed by atoms with Crippen molar-refractivity contribution in [1.82, 2.24) is 25.1 Å². The monoisotopic (exact) mass is 502 g/mol. The number of aromatic nitrogens is 4. The van der Waals surface area contributed by atoms with Gasteiger partial charge in [0.25, 0.3) is 0 Å². The van der Waals surface area contributed by atoms with Crippen LogP contribution in [0.4, 0.5) is 5.95 Å². The Bertz CT molecular complexity index is 1510. The Labute approximate surface area is 222 Å². The van der Waals surface area contributed by atoms with Gasteiger partial charge in [0.2, 0.25) is 11.9 Å². The molecule has 0 aliphatic carbocycles. The van der Waals surface area contributed by atoms with Crippen LogP contribution in [0, 0.1) is 0 Å². The van der Waals surface area contributed by atoms with Crippen molar-refractivity contribution in [2.75, 3.05) is 18.5 Å². The first-order chi connectivity index (χ1) is 18.5. The molecule has 1 amide bonds. The second kappa shape index (κ2) is 11.1. The third-order valence-corrected chi connectivity index (χ3v) is 6.05. The van der Waals surface area contributed by atoms with Gasteiger partial charge < -0.3 is 10.2 Å². The first-order valence-electron chi connectivity index (χ1n) is 12.6. The normalized spacial score (nSPS) is 10.9. The van der Waals surface area contributed by atoms with Gasteiger partial charge in [-0.25, -0.2) is 14.6 Å². The van der Waals surface area contributed by atoms with Gasteiger partial charge in [0, 0.05) is 29.8 Å². The zero-order valence-electron chi connectivity index (χ0n) is 21.7. The Kier molecular flexibility index (Phi) is 7.26. The first-order valence-corrected chi connectivity index (χ1v) is 12.6. The Hall–Kier alpha value is -4.78. The molecule has 0 fully saturated rings. The molecule has 0 saturated carbocycles. The van der Waals surface area contributed by atoms with Crippen LogP contribution in [-0.4, -0.2) is 45.3 Å². The third-order valence-electron chi connectivity index (χ3n) is 6.05. The molecular formula is C31H30N6O. The summed E-state index contributed by atoms with van der Waals surface area (Å²) in [4.78, 5) is 23.8. The van der Waals surface area contributed by atoms with Crippen molar-refractivity contribution in [2.24, 2.45) is 0 Å². The van der Waals surface area contributed by atoms with Gasteiger partial charge in [-0.05, 0) is 19.9 Å². The average molecular weight is 503 g/mol. The average Bonchev–Trinajstić information content (AvgIpc) is 3.39. The molecule has 3 aromatic carbocycles. The molecule has 0 saturated heterocycles. The number of amides is 1. The van der Waals surface area contributed by atoms with Crippen molar-refractivity contribution in [3.05, 3.63) is 103 Å². The fourth-order valence-corrected chi connectivity index (χ4v) is 4.30. The summed E-state index contributed by atoms with van der Waals surface area (Å²) in [6, 6.07) is 32.4. The van der Waals surface area contributed by atoms with E-state index in [0.29, 0.717) is 5.95 Å². The number of nitrogens with zero attached hydrogens (tertiary/aromatic N) is 5. The fraction of sp³-hybridized carbons (Fsp3) is 0.161. The summed E-state index contributed by atoms with van der Waals surface area (Å²) in [5.74, 6) is 0.380. The van der Waals surface area contributed by atoms with Crippen molar-refractivity contribution in [3.8, 4) is 39.5 Å². The largest absolute Gasteiger partial charge is 0.352 e. The van der Waals surface area contributed by atoms with Crippen LogP contribution in [0.5, 0.6) is 0 Å². The minimum atomic E-state index is -0.0811. The predicted octanol–water partition coefficient (Wildman–Crippen LogP) is 5.62. The molecule has 0 spiro atoms. The van der Waals surface area contributed by atoms with Crippen molar-refractivity contribution >= 4 is 11.9 Å². The van der Waals surface area contributed by atoms with Gasteiger partial charge >= 0.3 is 0 Å². The summed E-state index contributed by atoms with van der Waals surface area (Å²) in [5.41, 5.74) is 6.26. The van der Waals surface area contributed by atoms with Gasteiger partial charge in [-0.3, -0.25) is 4.79 Å². The lowest BCUT2D eigenvalue weighted by Gasteiger charge is -2.20. The van der Waals surface area contributed by atoms with E-state index in [1.165, 1.54) is 0 Å². The highest BCUT2D eigenvalue weighted by Crippen LogP contribution is 2.33. The van der Waals surface area contributed by atoms with Crippen LogP contribution < -0.4 is 10.2 Å². The lowest BCUT2D eigenvalue weighted by molar-refractivity contribution is -0.120. The van der Waals surface area contributed by atoms with Crippen molar-refractivity contribution in [3.63, 3.8) is 0 Å². The molecule has 0 unspecified atom stereocenters. The number of anilines is 1. The van der Waals surface area contributed by atoms with E-state index in [0.717, 1.165) is 39.5 Å². The maximum Gasteiger partial charge on any atom is 0.239 e. The Balaban J connectivity index is 1.65. The molecule has 0 aliphatic heterocycles. The maximum atomic E-state index is 12.4. The second-order valence-corrected chi connectivity index (χ2v) is 9.41. The highest BCUT2D eigenvalue weighted by Gasteiger charge is 2.20. The van der Waals surface area contributed by atoms with Crippen LogP contribution in [0.1, 0.15) is 13.8 Å². The summed E-state index contributed by atoms with van der Waals surface area (Å²) >= 11 is 0. The first kappa shape index (κ1) is 24.9. The number of hydrogen-bond acceptors (Lipinski definition) is 5. The van der Waals surface area contributed by atoms with Crippen LogP contribution in [0.2, 0.25) is 0 Å². The summed E-state index contributed by atoms with van der Waals surface area (Å²) in [5, 5.41) is 7.95. The number of rotatable bonds is 8. The van der Waals surface area contributed by atoms with Gasteiger partial charge in [0.05, 0.1) is 24.1 Å². The number of likely N-dealkylation sites (N-methyl/N-ethyl adjacent to an activating group) is 1. The van der Waals surface area contributed by atoms with Gasteiger partial charge in [0.1, 0.15) is 11.4 Å². The minimum Gasteiger partial charge on any atom is -0.352 e. The summed E-state index contributed by atoms with van der Waals surface area (Å²) in [6.07, 6.45) is 1.79. The van der Waals surface area contributed by atoms with Gasteiger partial charge in [0.15, 0.2) is 0 Å². The Morgan fingerprint density at radius 1 is 0.868 bits per heavy atom. The molecule has 38 heavy (non-hydrogen) atoms. The quantitative estimate of drug-likeness (QED) is 0.298. The molecule has 2 aromatic heterocycles. The van der Waals surface area contributed by atoms with E-state index in [9.17, 15) is 4.79 Å². The highest BCUT2D eigenvalue weighted by atomic mass is 16.2. The minimum absolute atomic E-state index is 0.0640. The molecule has 190 valence electrons. The topological polar surface area (TPSA) is 75.9 Å². The van der Waals surface area contributed by atoms with E-state index in [-0.39, 0.29) is 18.5 Å². The van der Waals surface area contributed by atoms with Crippen LogP contribution in [-0.2, 0) is 4.79 Å². The number of carbonyl (C=O) groups is 1. The van der Waals surface area contributed by atoms with Crippen LogP contribution in [0.3, 0.4) is 0 Å². The zero-order chi connectivity index (χ0) is 26.5. The van der Waals surface area contributed by atoms with Gasteiger partial charge in [-0.1, -0.05) is 91.0 Å². The molecule has 0 radical (unpaired) electrons. The highest BCUT2D eigenvalue weighted by molar-refractivity contribution is 5.81. The molecule has 1 N–H and O–H groups in total. The number of hydrogen-bond donors (Lipinski definition) is 1. The fourth-order valence-electron chi connectivity index (χ4n) is 4.30. The van der Waals surface area contributed by atoms with E-state index >= 15 is 0 Å². The van der Waals surface area contributed by atoms with Gasteiger partial charge in [-0.15, -0.1) is 0 Å². The number of nitrogens with one attached hydrogen (secondary N) is 1. The Morgan fingerprint density at radius 2 is 1.45 bits per heavy atom. The standard InChI is InChI=1S/C31H30N6O/c1-22(2)33-29(38)21-36(3)31-32-20-28(30(34-31)25-17-11-6-12-18-25)37-27(24-15-9-5-10-16-24)19-26(35-37)23-13-7-4-8-14-23/h4-20,22H,21H2,1-3H3,(H,33,38). The molecular weight excluding hydrogens is 472 g/mol. The van der Waals surface area contributed by atoms with E-state index in [1.54, 1.807) is 11.1 Å². The van der Waals surface area contributed by atoms with E-state index in [1.807, 2.05) is 92.3 Å². The maximum absolute atomic E-state index is 12.4. The SMILES string of the molecule is CC(C)NC(=O)CN(C)c1ncc(-n2nc(-c3ccccc3)cc2-c2ccccc2)c(-c2ccccc2)n1.